The second-order valence-corrected chi connectivity index (χ2v) is 5.80. The summed E-state index contributed by atoms with van der Waals surface area (Å²) in [5.41, 5.74) is 2.54. The molecule has 0 aromatic heterocycles. The van der Waals surface area contributed by atoms with Gasteiger partial charge in [0.2, 0.25) is 0 Å². The number of hydrogen-bond donors (Lipinski definition) is 1. The SMILES string of the molecule is COc1ccc(CCNCc2ccc3ccccc3c2)cc1OC. The molecule has 0 heterocycles. The Morgan fingerprint density at radius 1 is 0.750 bits per heavy atom. The van der Waals surface area contributed by atoms with Gasteiger partial charge in [-0.2, -0.15) is 0 Å². The Morgan fingerprint density at radius 2 is 1.50 bits per heavy atom. The lowest BCUT2D eigenvalue weighted by atomic mass is 10.1. The third-order valence-electron chi connectivity index (χ3n) is 4.18. The fourth-order valence-electron chi connectivity index (χ4n) is 2.85. The van der Waals surface area contributed by atoms with Crippen molar-refractivity contribution < 1.29 is 9.47 Å². The second kappa shape index (κ2) is 7.84. The van der Waals surface area contributed by atoms with Crippen molar-refractivity contribution in [1.29, 1.82) is 0 Å². The minimum Gasteiger partial charge on any atom is -0.493 e. The first-order chi connectivity index (χ1) is 11.8. The molecule has 124 valence electrons. The highest BCUT2D eigenvalue weighted by Crippen LogP contribution is 2.27. The maximum Gasteiger partial charge on any atom is 0.160 e. The van der Waals surface area contributed by atoms with E-state index >= 15 is 0 Å². The zero-order chi connectivity index (χ0) is 16.8. The van der Waals surface area contributed by atoms with Gasteiger partial charge in [0.1, 0.15) is 0 Å². The van der Waals surface area contributed by atoms with Gasteiger partial charge < -0.3 is 14.8 Å². The van der Waals surface area contributed by atoms with Crippen LogP contribution in [-0.2, 0) is 13.0 Å². The zero-order valence-corrected chi connectivity index (χ0v) is 14.2. The Bertz CT molecular complexity index is 814. The van der Waals surface area contributed by atoms with Gasteiger partial charge in [0, 0.05) is 6.54 Å². The molecular formula is C21H23NO2. The standard InChI is InChI=1S/C21H23NO2/c1-23-20-10-8-16(14-21(20)24-2)11-12-22-15-17-7-9-18-5-3-4-6-19(18)13-17/h3-10,13-14,22H,11-12,15H2,1-2H3. The number of rotatable bonds is 7. The fourth-order valence-corrected chi connectivity index (χ4v) is 2.85. The third-order valence-corrected chi connectivity index (χ3v) is 4.18. The third kappa shape index (κ3) is 3.87. The highest BCUT2D eigenvalue weighted by atomic mass is 16.5. The Labute approximate surface area is 143 Å². The van der Waals surface area contributed by atoms with Crippen LogP contribution < -0.4 is 14.8 Å². The van der Waals surface area contributed by atoms with Crippen molar-refractivity contribution in [2.24, 2.45) is 0 Å². The highest BCUT2D eigenvalue weighted by Gasteiger charge is 2.04. The van der Waals surface area contributed by atoms with E-state index in [1.54, 1.807) is 14.2 Å². The summed E-state index contributed by atoms with van der Waals surface area (Å²) in [4.78, 5) is 0. The topological polar surface area (TPSA) is 30.5 Å². The summed E-state index contributed by atoms with van der Waals surface area (Å²) in [5, 5.41) is 6.08. The molecule has 3 rings (SSSR count). The molecule has 0 fully saturated rings. The quantitative estimate of drug-likeness (QED) is 0.662. The monoisotopic (exact) mass is 321 g/mol. The summed E-state index contributed by atoms with van der Waals surface area (Å²) in [7, 11) is 3.32. The lowest BCUT2D eigenvalue weighted by Gasteiger charge is -2.10. The van der Waals surface area contributed by atoms with Crippen LogP contribution in [0.3, 0.4) is 0 Å². The maximum absolute atomic E-state index is 5.35. The summed E-state index contributed by atoms with van der Waals surface area (Å²) in [5.74, 6) is 1.55. The lowest BCUT2D eigenvalue weighted by Crippen LogP contribution is -2.16. The van der Waals surface area contributed by atoms with Crippen molar-refractivity contribution in [3.8, 4) is 11.5 Å². The molecule has 0 saturated heterocycles. The van der Waals surface area contributed by atoms with Crippen molar-refractivity contribution in [1.82, 2.24) is 5.32 Å². The van der Waals surface area contributed by atoms with Crippen LogP contribution in [0.5, 0.6) is 11.5 Å². The van der Waals surface area contributed by atoms with E-state index in [-0.39, 0.29) is 0 Å². The molecular weight excluding hydrogens is 298 g/mol. The molecule has 0 saturated carbocycles. The van der Waals surface area contributed by atoms with E-state index in [0.29, 0.717) is 0 Å². The van der Waals surface area contributed by atoms with E-state index in [4.69, 9.17) is 9.47 Å². The largest absolute Gasteiger partial charge is 0.493 e. The molecule has 0 aliphatic carbocycles. The molecule has 0 aliphatic heterocycles. The molecule has 0 unspecified atom stereocenters. The molecule has 0 spiro atoms. The predicted molar refractivity (Wildman–Crippen MR) is 98.9 cm³/mol. The number of hydrogen-bond acceptors (Lipinski definition) is 3. The van der Waals surface area contributed by atoms with Crippen LogP contribution in [0.2, 0.25) is 0 Å². The van der Waals surface area contributed by atoms with Crippen molar-refractivity contribution in [2.45, 2.75) is 13.0 Å². The minimum absolute atomic E-state index is 0.769. The number of nitrogens with one attached hydrogen (secondary N) is 1. The molecule has 3 aromatic rings. The average Bonchev–Trinajstić information content (AvgIpc) is 2.65. The summed E-state index contributed by atoms with van der Waals surface area (Å²) < 4.78 is 10.6. The average molecular weight is 321 g/mol. The number of ether oxygens (including phenoxy) is 2. The molecule has 3 heteroatoms. The molecule has 0 bridgehead atoms. The fraction of sp³-hybridized carbons (Fsp3) is 0.238. The van der Waals surface area contributed by atoms with Crippen molar-refractivity contribution in [3.05, 3.63) is 71.8 Å². The van der Waals surface area contributed by atoms with Crippen LogP contribution in [0.15, 0.2) is 60.7 Å². The number of methoxy groups -OCH3 is 2. The van der Waals surface area contributed by atoms with Gasteiger partial charge in [-0.1, -0.05) is 42.5 Å². The van der Waals surface area contributed by atoms with Gasteiger partial charge in [-0.25, -0.2) is 0 Å². The molecule has 3 aromatic carbocycles. The van der Waals surface area contributed by atoms with E-state index in [2.05, 4.69) is 53.8 Å². The lowest BCUT2D eigenvalue weighted by molar-refractivity contribution is 0.354. The summed E-state index contributed by atoms with van der Waals surface area (Å²) in [6, 6.07) is 21.1. The number of fused-ring (bicyclic) bond motifs is 1. The van der Waals surface area contributed by atoms with Gasteiger partial charge in [0.05, 0.1) is 14.2 Å². The Balaban J connectivity index is 1.54. The first kappa shape index (κ1) is 16.3. The highest BCUT2D eigenvalue weighted by molar-refractivity contribution is 5.82. The van der Waals surface area contributed by atoms with Crippen LogP contribution in [0.1, 0.15) is 11.1 Å². The molecule has 24 heavy (non-hydrogen) atoms. The van der Waals surface area contributed by atoms with E-state index in [0.717, 1.165) is 31.0 Å². The van der Waals surface area contributed by atoms with Crippen LogP contribution in [-0.4, -0.2) is 20.8 Å². The van der Waals surface area contributed by atoms with E-state index in [1.807, 2.05) is 12.1 Å². The van der Waals surface area contributed by atoms with Gasteiger partial charge >= 0.3 is 0 Å². The first-order valence-corrected chi connectivity index (χ1v) is 8.19. The summed E-state index contributed by atoms with van der Waals surface area (Å²) >= 11 is 0. The van der Waals surface area contributed by atoms with Crippen molar-refractivity contribution in [2.75, 3.05) is 20.8 Å². The van der Waals surface area contributed by atoms with Crippen LogP contribution >= 0.6 is 0 Å². The van der Waals surface area contributed by atoms with Gasteiger partial charge in [-0.15, -0.1) is 0 Å². The molecule has 0 atom stereocenters. The maximum atomic E-state index is 5.35. The van der Waals surface area contributed by atoms with Gasteiger partial charge in [-0.05, 0) is 53.1 Å². The van der Waals surface area contributed by atoms with Crippen molar-refractivity contribution >= 4 is 10.8 Å². The molecule has 0 radical (unpaired) electrons. The minimum atomic E-state index is 0.769. The number of benzene rings is 3. The van der Waals surface area contributed by atoms with Crippen LogP contribution in [0, 0.1) is 0 Å². The van der Waals surface area contributed by atoms with Crippen molar-refractivity contribution in [3.63, 3.8) is 0 Å². The van der Waals surface area contributed by atoms with E-state index in [1.165, 1.54) is 21.9 Å². The van der Waals surface area contributed by atoms with E-state index in [9.17, 15) is 0 Å². The summed E-state index contributed by atoms with van der Waals surface area (Å²) in [6.45, 7) is 1.79. The van der Waals surface area contributed by atoms with Gasteiger partial charge in [-0.3, -0.25) is 0 Å². The Hall–Kier alpha value is -2.52. The van der Waals surface area contributed by atoms with Crippen LogP contribution in [0.25, 0.3) is 10.8 Å². The molecule has 0 amide bonds. The smallest absolute Gasteiger partial charge is 0.160 e. The first-order valence-electron chi connectivity index (χ1n) is 8.19. The molecule has 1 N–H and O–H groups in total. The Morgan fingerprint density at radius 3 is 2.29 bits per heavy atom. The molecule has 3 nitrogen and oxygen atoms in total. The molecule has 0 aliphatic rings. The Kier molecular flexibility index (Phi) is 5.34. The van der Waals surface area contributed by atoms with Gasteiger partial charge in [0.25, 0.3) is 0 Å². The van der Waals surface area contributed by atoms with Crippen LogP contribution in [0.4, 0.5) is 0 Å². The second-order valence-electron chi connectivity index (χ2n) is 5.80. The normalized spacial score (nSPS) is 10.8. The predicted octanol–water partition coefficient (Wildman–Crippen LogP) is 4.19. The van der Waals surface area contributed by atoms with Gasteiger partial charge in [0.15, 0.2) is 11.5 Å². The summed E-state index contributed by atoms with van der Waals surface area (Å²) in [6.07, 6.45) is 0.952. The zero-order valence-electron chi connectivity index (χ0n) is 14.2. The van der Waals surface area contributed by atoms with E-state index < -0.39 is 0 Å².